The molecule has 2 amide bonds. The summed E-state index contributed by atoms with van der Waals surface area (Å²) in [7, 11) is 0. The summed E-state index contributed by atoms with van der Waals surface area (Å²) in [6.45, 7) is -3.56. The SMILES string of the molecule is O=C(CNC(=O)c1ccc(F)cc1F)Nc1ccc(OC(F)F)c(Cl)c1. The lowest BCUT2D eigenvalue weighted by Crippen LogP contribution is -2.33. The zero-order valence-corrected chi connectivity index (χ0v) is 13.6. The first-order chi connectivity index (χ1) is 12.3. The molecular weight excluding hydrogens is 380 g/mol. The van der Waals surface area contributed by atoms with Gasteiger partial charge in [-0.3, -0.25) is 9.59 Å². The van der Waals surface area contributed by atoms with Crippen LogP contribution < -0.4 is 15.4 Å². The van der Waals surface area contributed by atoms with Gasteiger partial charge in [0.05, 0.1) is 17.1 Å². The molecule has 0 saturated carbocycles. The highest BCUT2D eigenvalue weighted by molar-refractivity contribution is 6.32. The number of benzene rings is 2. The summed E-state index contributed by atoms with van der Waals surface area (Å²) in [5.41, 5.74) is -0.250. The third-order valence-electron chi connectivity index (χ3n) is 3.02. The van der Waals surface area contributed by atoms with Gasteiger partial charge in [0, 0.05) is 11.8 Å². The highest BCUT2D eigenvalue weighted by Gasteiger charge is 2.14. The minimum Gasteiger partial charge on any atom is -0.433 e. The first-order valence-electron chi connectivity index (χ1n) is 7.03. The van der Waals surface area contributed by atoms with Crippen LogP contribution in [0.2, 0.25) is 5.02 Å². The molecule has 0 saturated heterocycles. The fourth-order valence-corrected chi connectivity index (χ4v) is 2.13. The van der Waals surface area contributed by atoms with Gasteiger partial charge in [0.25, 0.3) is 5.91 Å². The number of amides is 2. The molecule has 2 N–H and O–H groups in total. The maximum absolute atomic E-state index is 13.5. The average molecular weight is 391 g/mol. The maximum Gasteiger partial charge on any atom is 0.387 e. The molecule has 0 aliphatic carbocycles. The van der Waals surface area contributed by atoms with Crippen LogP contribution in [0.25, 0.3) is 0 Å². The van der Waals surface area contributed by atoms with E-state index in [1.807, 2.05) is 0 Å². The molecule has 0 aliphatic heterocycles. The summed E-state index contributed by atoms with van der Waals surface area (Å²) < 4.78 is 54.7. The molecule has 0 spiro atoms. The number of hydrogen-bond donors (Lipinski definition) is 2. The number of alkyl halides is 2. The number of hydrogen-bond acceptors (Lipinski definition) is 3. The number of nitrogens with one attached hydrogen (secondary N) is 2. The Morgan fingerprint density at radius 2 is 1.85 bits per heavy atom. The van der Waals surface area contributed by atoms with Crippen LogP contribution >= 0.6 is 11.6 Å². The van der Waals surface area contributed by atoms with Crippen molar-refractivity contribution in [1.29, 1.82) is 0 Å². The maximum atomic E-state index is 13.5. The van der Waals surface area contributed by atoms with Gasteiger partial charge in [-0.05, 0) is 30.3 Å². The fourth-order valence-electron chi connectivity index (χ4n) is 1.90. The summed E-state index contributed by atoms with van der Waals surface area (Å²) in [5, 5.41) is 4.37. The molecule has 0 unspecified atom stereocenters. The van der Waals surface area contributed by atoms with Crippen LogP contribution in [0.4, 0.5) is 23.2 Å². The lowest BCUT2D eigenvalue weighted by Gasteiger charge is -2.10. The Morgan fingerprint density at radius 1 is 1.12 bits per heavy atom. The molecule has 26 heavy (non-hydrogen) atoms. The Hall–Kier alpha value is -2.81. The monoisotopic (exact) mass is 390 g/mol. The number of carbonyl (C=O) groups is 2. The van der Waals surface area contributed by atoms with Gasteiger partial charge < -0.3 is 15.4 Å². The van der Waals surface area contributed by atoms with E-state index in [1.54, 1.807) is 0 Å². The lowest BCUT2D eigenvalue weighted by molar-refractivity contribution is -0.115. The normalized spacial score (nSPS) is 10.5. The predicted molar refractivity (Wildman–Crippen MR) is 85.4 cm³/mol. The third kappa shape index (κ3) is 5.35. The molecule has 0 aliphatic rings. The topological polar surface area (TPSA) is 67.4 Å². The van der Waals surface area contributed by atoms with Gasteiger partial charge in [0.15, 0.2) is 0 Å². The van der Waals surface area contributed by atoms with Crippen molar-refractivity contribution in [2.45, 2.75) is 6.61 Å². The van der Waals surface area contributed by atoms with E-state index in [1.165, 1.54) is 12.1 Å². The first kappa shape index (κ1) is 19.5. The molecule has 5 nitrogen and oxygen atoms in total. The van der Waals surface area contributed by atoms with Crippen molar-refractivity contribution in [3.63, 3.8) is 0 Å². The van der Waals surface area contributed by atoms with E-state index in [0.717, 1.165) is 18.2 Å². The second-order valence-electron chi connectivity index (χ2n) is 4.88. The second-order valence-corrected chi connectivity index (χ2v) is 5.29. The van der Waals surface area contributed by atoms with E-state index in [2.05, 4.69) is 15.4 Å². The smallest absolute Gasteiger partial charge is 0.387 e. The van der Waals surface area contributed by atoms with E-state index in [9.17, 15) is 27.2 Å². The molecular formula is C16H11ClF4N2O3. The molecule has 0 atom stereocenters. The summed E-state index contributed by atoms with van der Waals surface area (Å²) in [4.78, 5) is 23.6. The van der Waals surface area contributed by atoms with Crippen molar-refractivity contribution in [3.8, 4) is 5.75 Å². The van der Waals surface area contributed by atoms with Crippen LogP contribution in [0.3, 0.4) is 0 Å². The summed E-state index contributed by atoms with van der Waals surface area (Å²) in [6, 6.07) is 5.97. The van der Waals surface area contributed by atoms with Crippen molar-refractivity contribution in [1.82, 2.24) is 5.32 Å². The highest BCUT2D eigenvalue weighted by Crippen LogP contribution is 2.28. The van der Waals surface area contributed by atoms with Gasteiger partial charge in [-0.1, -0.05) is 11.6 Å². The van der Waals surface area contributed by atoms with Gasteiger partial charge in [0.2, 0.25) is 5.91 Å². The predicted octanol–water partition coefficient (Wildman–Crippen LogP) is 3.59. The van der Waals surface area contributed by atoms with Gasteiger partial charge in [-0.25, -0.2) is 8.78 Å². The highest BCUT2D eigenvalue weighted by atomic mass is 35.5. The molecule has 0 bridgehead atoms. The molecule has 0 aromatic heterocycles. The Balaban J connectivity index is 1.92. The molecule has 2 rings (SSSR count). The summed E-state index contributed by atoms with van der Waals surface area (Å²) in [5.74, 6) is -3.76. The van der Waals surface area contributed by atoms with E-state index in [4.69, 9.17) is 11.6 Å². The first-order valence-corrected chi connectivity index (χ1v) is 7.41. The quantitative estimate of drug-likeness (QED) is 0.741. The van der Waals surface area contributed by atoms with Gasteiger partial charge in [-0.15, -0.1) is 0 Å². The number of carbonyl (C=O) groups excluding carboxylic acids is 2. The molecule has 0 radical (unpaired) electrons. The number of anilines is 1. The molecule has 2 aromatic carbocycles. The van der Waals surface area contributed by atoms with E-state index < -0.39 is 42.2 Å². The van der Waals surface area contributed by atoms with E-state index >= 15 is 0 Å². The molecule has 0 heterocycles. The van der Waals surface area contributed by atoms with Crippen LogP contribution in [-0.4, -0.2) is 25.0 Å². The van der Waals surface area contributed by atoms with Crippen molar-refractivity contribution in [3.05, 3.63) is 58.6 Å². The summed E-state index contributed by atoms with van der Waals surface area (Å²) >= 11 is 5.74. The Morgan fingerprint density at radius 3 is 2.46 bits per heavy atom. The van der Waals surface area contributed by atoms with Crippen LogP contribution in [0, 0.1) is 11.6 Å². The van der Waals surface area contributed by atoms with Crippen molar-refractivity contribution in [2.24, 2.45) is 0 Å². The molecule has 2 aromatic rings. The zero-order valence-electron chi connectivity index (χ0n) is 12.9. The number of ether oxygens (including phenoxy) is 1. The summed E-state index contributed by atoms with van der Waals surface area (Å²) in [6.07, 6.45) is 0. The van der Waals surface area contributed by atoms with Crippen LogP contribution in [0.15, 0.2) is 36.4 Å². The Kier molecular flexibility index (Phi) is 6.40. The Bertz CT molecular complexity index is 833. The largest absolute Gasteiger partial charge is 0.433 e. The van der Waals surface area contributed by atoms with Crippen molar-refractivity contribution < 1.29 is 31.9 Å². The standard InChI is InChI=1S/C16H11ClF4N2O3/c17-11-6-9(2-4-13(11)26-16(20)21)23-14(24)7-22-15(25)10-3-1-8(18)5-12(10)19/h1-6,16H,7H2,(H,22,25)(H,23,24). The van der Waals surface area contributed by atoms with Gasteiger partial charge >= 0.3 is 6.61 Å². The number of rotatable bonds is 6. The van der Waals surface area contributed by atoms with Crippen LogP contribution in [0.5, 0.6) is 5.75 Å². The zero-order chi connectivity index (χ0) is 19.3. The lowest BCUT2D eigenvalue weighted by atomic mass is 10.2. The van der Waals surface area contributed by atoms with Crippen LogP contribution in [0.1, 0.15) is 10.4 Å². The van der Waals surface area contributed by atoms with Crippen molar-refractivity contribution >= 4 is 29.1 Å². The minimum atomic E-state index is -3.05. The van der Waals surface area contributed by atoms with E-state index in [0.29, 0.717) is 6.07 Å². The third-order valence-corrected chi connectivity index (χ3v) is 3.31. The van der Waals surface area contributed by atoms with Crippen LogP contribution in [-0.2, 0) is 4.79 Å². The number of halogens is 5. The average Bonchev–Trinajstić information content (AvgIpc) is 2.55. The van der Waals surface area contributed by atoms with Gasteiger partial charge in [-0.2, -0.15) is 8.78 Å². The van der Waals surface area contributed by atoms with Crippen molar-refractivity contribution in [2.75, 3.05) is 11.9 Å². The molecule has 138 valence electrons. The fraction of sp³-hybridized carbons (Fsp3) is 0.125. The second kappa shape index (κ2) is 8.52. The Labute approximate surface area is 149 Å². The minimum absolute atomic E-state index is 0.152. The molecule has 10 heteroatoms. The molecule has 0 fully saturated rings. The van der Waals surface area contributed by atoms with E-state index in [-0.39, 0.29) is 16.5 Å². The van der Waals surface area contributed by atoms with Gasteiger partial charge in [0.1, 0.15) is 17.4 Å².